The first-order valence-electron chi connectivity index (χ1n) is 7.50. The van der Waals surface area contributed by atoms with Crippen LogP contribution in [0.25, 0.3) is 11.4 Å². The fraction of sp³-hybridized carbons (Fsp3) is 0.375. The fourth-order valence-electron chi connectivity index (χ4n) is 1.94. The molecule has 9 heteroatoms. The van der Waals surface area contributed by atoms with Gasteiger partial charge >= 0.3 is 12.1 Å². The Hall–Kier alpha value is -3.10. The van der Waals surface area contributed by atoms with Crippen LogP contribution in [-0.4, -0.2) is 55.1 Å². The van der Waals surface area contributed by atoms with Crippen molar-refractivity contribution in [1.82, 2.24) is 25.3 Å². The van der Waals surface area contributed by atoms with Gasteiger partial charge in [-0.1, -0.05) is 30.3 Å². The minimum absolute atomic E-state index is 0.208. The molecule has 0 aliphatic carbocycles. The predicted octanol–water partition coefficient (Wildman–Crippen LogP) is 1.93. The number of carbonyl (C=O) groups is 2. The number of hydrogen-bond donors (Lipinski definition) is 1. The van der Waals surface area contributed by atoms with Crippen molar-refractivity contribution in [3.05, 3.63) is 36.2 Å². The molecule has 0 radical (unpaired) electrons. The van der Waals surface area contributed by atoms with Gasteiger partial charge in [0.2, 0.25) is 11.6 Å². The lowest BCUT2D eigenvalue weighted by Crippen LogP contribution is -2.40. The van der Waals surface area contributed by atoms with Crippen LogP contribution in [0.1, 0.15) is 32.6 Å². The molecule has 1 N–H and O–H groups in total. The number of nitrogens with zero attached hydrogens (tertiary/aromatic N) is 5. The molecular formula is C16H19N5O4. The van der Waals surface area contributed by atoms with Crippen molar-refractivity contribution in [2.75, 3.05) is 7.05 Å². The average molecular weight is 345 g/mol. The Bertz CT molecular complexity index is 743. The van der Waals surface area contributed by atoms with Crippen molar-refractivity contribution >= 4 is 12.1 Å². The van der Waals surface area contributed by atoms with Crippen molar-refractivity contribution in [3.8, 4) is 11.4 Å². The van der Waals surface area contributed by atoms with Gasteiger partial charge in [-0.25, -0.2) is 9.59 Å². The number of carboxylic acids is 1. The summed E-state index contributed by atoms with van der Waals surface area (Å²) in [6.07, 6.45) is -0.810. The highest BCUT2D eigenvalue weighted by atomic mass is 16.6. The van der Waals surface area contributed by atoms with Gasteiger partial charge in [0, 0.05) is 12.6 Å². The second kappa shape index (κ2) is 7.20. The second-order valence-electron chi connectivity index (χ2n) is 6.28. The zero-order chi connectivity index (χ0) is 18.6. The number of aromatic nitrogens is 4. The van der Waals surface area contributed by atoms with E-state index < -0.39 is 23.7 Å². The Morgan fingerprint density at radius 1 is 1.08 bits per heavy atom. The van der Waals surface area contributed by atoms with Crippen LogP contribution in [0, 0.1) is 0 Å². The molecule has 2 rings (SSSR count). The van der Waals surface area contributed by atoms with E-state index in [1.54, 1.807) is 32.9 Å². The highest BCUT2D eigenvalue weighted by molar-refractivity contribution is 5.80. The number of carboxylic acid groups (broad SMARTS) is 1. The molecule has 1 unspecified atom stereocenters. The molecular weight excluding hydrogens is 326 g/mol. The molecule has 25 heavy (non-hydrogen) atoms. The van der Waals surface area contributed by atoms with Gasteiger partial charge in [-0.15, -0.1) is 20.4 Å². The number of hydrogen-bond acceptors (Lipinski definition) is 7. The zero-order valence-electron chi connectivity index (χ0n) is 14.4. The third-order valence-corrected chi connectivity index (χ3v) is 3.07. The molecule has 2 aromatic rings. The molecule has 132 valence electrons. The molecule has 0 fully saturated rings. The summed E-state index contributed by atoms with van der Waals surface area (Å²) in [5.74, 6) is -1.27. The topological polar surface area (TPSA) is 118 Å². The average Bonchev–Trinajstić information content (AvgIpc) is 2.54. The number of amides is 1. The zero-order valence-corrected chi connectivity index (χ0v) is 14.4. The van der Waals surface area contributed by atoms with Gasteiger partial charge in [0.1, 0.15) is 5.60 Å². The Balaban J connectivity index is 2.26. The van der Waals surface area contributed by atoms with E-state index in [9.17, 15) is 14.7 Å². The molecule has 0 aliphatic heterocycles. The summed E-state index contributed by atoms with van der Waals surface area (Å²) in [5.41, 5.74) is -0.0652. The molecule has 0 spiro atoms. The number of benzene rings is 1. The van der Waals surface area contributed by atoms with Crippen LogP contribution in [0.2, 0.25) is 0 Å². The Kier molecular flexibility index (Phi) is 5.26. The van der Waals surface area contributed by atoms with Crippen LogP contribution in [0.5, 0.6) is 0 Å². The van der Waals surface area contributed by atoms with Gasteiger partial charge in [0.05, 0.1) is 0 Å². The Morgan fingerprint density at radius 3 is 2.12 bits per heavy atom. The van der Waals surface area contributed by atoms with Crippen molar-refractivity contribution in [3.63, 3.8) is 0 Å². The van der Waals surface area contributed by atoms with Crippen molar-refractivity contribution < 1.29 is 19.4 Å². The number of aliphatic carboxylic acids is 1. The maximum Gasteiger partial charge on any atom is 0.411 e. The molecule has 0 bridgehead atoms. The molecule has 0 saturated heterocycles. The summed E-state index contributed by atoms with van der Waals surface area (Å²) in [5, 5.41) is 24.9. The minimum atomic E-state index is -1.46. The normalized spacial score (nSPS) is 12.3. The van der Waals surface area contributed by atoms with Crippen LogP contribution < -0.4 is 0 Å². The first-order valence-corrected chi connectivity index (χ1v) is 7.50. The van der Waals surface area contributed by atoms with Gasteiger partial charge in [-0.05, 0) is 20.8 Å². The Morgan fingerprint density at radius 2 is 1.64 bits per heavy atom. The fourth-order valence-corrected chi connectivity index (χ4v) is 1.94. The van der Waals surface area contributed by atoms with E-state index in [0.717, 1.165) is 4.90 Å². The highest BCUT2D eigenvalue weighted by Gasteiger charge is 2.34. The van der Waals surface area contributed by atoms with E-state index in [2.05, 4.69) is 20.4 Å². The maximum absolute atomic E-state index is 12.1. The molecule has 9 nitrogen and oxygen atoms in total. The molecule has 0 saturated carbocycles. The lowest BCUT2D eigenvalue weighted by Gasteiger charge is -2.27. The van der Waals surface area contributed by atoms with Crippen LogP contribution in [0.3, 0.4) is 0 Å². The largest absolute Gasteiger partial charge is 0.479 e. The second-order valence-corrected chi connectivity index (χ2v) is 6.28. The number of likely N-dealkylation sites (N-methyl/N-ethyl adjacent to an activating group) is 1. The summed E-state index contributed by atoms with van der Waals surface area (Å²) in [4.78, 5) is 24.6. The molecule has 1 aromatic heterocycles. The van der Waals surface area contributed by atoms with Gasteiger partial charge < -0.3 is 9.84 Å². The van der Waals surface area contributed by atoms with Gasteiger partial charge in [-0.3, -0.25) is 4.90 Å². The van der Waals surface area contributed by atoms with Gasteiger partial charge in [-0.2, -0.15) is 0 Å². The summed E-state index contributed by atoms with van der Waals surface area (Å²) in [6.45, 7) is 5.05. The summed E-state index contributed by atoms with van der Waals surface area (Å²) < 4.78 is 5.17. The number of carbonyl (C=O) groups excluding carboxylic acids is 1. The van der Waals surface area contributed by atoms with E-state index >= 15 is 0 Å². The highest BCUT2D eigenvalue weighted by Crippen LogP contribution is 2.19. The minimum Gasteiger partial charge on any atom is -0.479 e. The van der Waals surface area contributed by atoms with Gasteiger partial charge in [0.25, 0.3) is 0 Å². The van der Waals surface area contributed by atoms with Crippen LogP contribution >= 0.6 is 0 Å². The van der Waals surface area contributed by atoms with Gasteiger partial charge in [0.15, 0.2) is 6.04 Å². The third-order valence-electron chi connectivity index (χ3n) is 3.07. The van der Waals surface area contributed by atoms with Crippen molar-refractivity contribution in [2.45, 2.75) is 32.4 Å². The van der Waals surface area contributed by atoms with E-state index in [1.165, 1.54) is 7.05 Å². The summed E-state index contributed by atoms with van der Waals surface area (Å²) >= 11 is 0. The van der Waals surface area contributed by atoms with E-state index in [1.807, 2.05) is 18.2 Å². The van der Waals surface area contributed by atoms with Crippen LogP contribution in [-0.2, 0) is 9.53 Å². The molecule has 1 amide bonds. The molecule has 1 heterocycles. The van der Waals surface area contributed by atoms with Crippen molar-refractivity contribution in [2.24, 2.45) is 0 Å². The van der Waals surface area contributed by atoms with Crippen molar-refractivity contribution in [1.29, 1.82) is 0 Å². The van der Waals surface area contributed by atoms with E-state index in [4.69, 9.17) is 4.74 Å². The Labute approximate surface area is 144 Å². The summed E-state index contributed by atoms with van der Waals surface area (Å²) in [6, 6.07) is 7.56. The number of ether oxygens (including phenoxy) is 1. The third kappa shape index (κ3) is 4.69. The van der Waals surface area contributed by atoms with Crippen LogP contribution in [0.4, 0.5) is 4.79 Å². The summed E-state index contributed by atoms with van der Waals surface area (Å²) in [7, 11) is 1.29. The van der Waals surface area contributed by atoms with Crippen LogP contribution in [0.15, 0.2) is 30.3 Å². The monoisotopic (exact) mass is 345 g/mol. The first kappa shape index (κ1) is 18.2. The standard InChI is InChI=1S/C16H19N5O4/c1-16(2,3)25-15(24)21(4)11(14(22)23)13-19-17-12(18-20-13)10-8-6-5-7-9-10/h5-9,11H,1-4H3,(H,22,23). The lowest BCUT2D eigenvalue weighted by atomic mass is 10.2. The molecule has 1 atom stereocenters. The lowest BCUT2D eigenvalue weighted by molar-refractivity contribution is -0.143. The van der Waals surface area contributed by atoms with E-state index in [-0.39, 0.29) is 11.6 Å². The first-order chi connectivity index (χ1) is 11.7. The smallest absolute Gasteiger partial charge is 0.411 e. The van der Waals surface area contributed by atoms with E-state index in [0.29, 0.717) is 5.56 Å². The number of rotatable bonds is 4. The molecule has 1 aromatic carbocycles. The quantitative estimate of drug-likeness (QED) is 0.893. The predicted molar refractivity (Wildman–Crippen MR) is 87.4 cm³/mol. The SMILES string of the molecule is CN(C(=O)OC(C)(C)C)C(C(=O)O)c1nnc(-c2ccccc2)nn1. The molecule has 0 aliphatic rings. The maximum atomic E-state index is 12.1.